The normalized spacial score (nSPS) is 23.2. The van der Waals surface area contributed by atoms with E-state index in [1.54, 1.807) is 12.1 Å². The van der Waals surface area contributed by atoms with E-state index >= 15 is 0 Å². The molecule has 0 spiro atoms. The Morgan fingerprint density at radius 1 is 0.962 bits per heavy atom. The minimum atomic E-state index is -0.0537. The maximum absolute atomic E-state index is 12.6. The van der Waals surface area contributed by atoms with Gasteiger partial charge in [0.1, 0.15) is 5.75 Å². The fraction of sp³-hybridized carbons (Fsp3) is 0.381. The average molecular weight is 352 g/mol. The van der Waals surface area contributed by atoms with Crippen LogP contribution in [0.25, 0.3) is 11.1 Å². The Bertz CT molecular complexity index is 752. The predicted molar refractivity (Wildman–Crippen MR) is 100 cm³/mol. The standard InChI is InChI=1S/C21H24N2O3/c24-18-9-7-16(8-10-18)15-3-5-17(6-4-15)21(25)22-19-13-26-14-20(19)23-11-1-2-12-23/h3-10,19-20,24H,1-2,11-14H2,(H,22,25)/t19-,20-/m0/s1. The van der Waals surface area contributed by atoms with Gasteiger partial charge >= 0.3 is 0 Å². The molecule has 2 aliphatic heterocycles. The highest BCUT2D eigenvalue weighted by atomic mass is 16.5. The summed E-state index contributed by atoms with van der Waals surface area (Å²) in [6, 6.07) is 14.9. The van der Waals surface area contributed by atoms with E-state index in [1.165, 1.54) is 12.8 Å². The number of amides is 1. The molecular formula is C21H24N2O3. The number of phenols is 1. The van der Waals surface area contributed by atoms with Gasteiger partial charge in [0, 0.05) is 5.56 Å². The number of carbonyl (C=O) groups is 1. The lowest BCUT2D eigenvalue weighted by Crippen LogP contribution is -2.50. The van der Waals surface area contributed by atoms with Crippen molar-refractivity contribution >= 4 is 5.91 Å². The lowest BCUT2D eigenvalue weighted by atomic mass is 10.0. The molecule has 0 aromatic heterocycles. The molecular weight excluding hydrogens is 328 g/mol. The van der Waals surface area contributed by atoms with E-state index in [-0.39, 0.29) is 23.7 Å². The van der Waals surface area contributed by atoms with Gasteiger partial charge in [0.25, 0.3) is 5.91 Å². The molecule has 5 heteroatoms. The zero-order valence-corrected chi connectivity index (χ0v) is 14.7. The molecule has 2 aliphatic rings. The summed E-state index contributed by atoms with van der Waals surface area (Å²) in [5.41, 5.74) is 2.67. The van der Waals surface area contributed by atoms with Crippen molar-refractivity contribution in [1.29, 1.82) is 0 Å². The number of aromatic hydroxyl groups is 1. The van der Waals surface area contributed by atoms with Gasteiger partial charge in [0.15, 0.2) is 0 Å². The summed E-state index contributed by atoms with van der Waals surface area (Å²) >= 11 is 0. The number of carbonyl (C=O) groups excluding carboxylic acids is 1. The molecule has 0 saturated carbocycles. The Morgan fingerprint density at radius 3 is 2.23 bits per heavy atom. The second-order valence-electron chi connectivity index (χ2n) is 7.05. The molecule has 2 aromatic carbocycles. The van der Waals surface area contributed by atoms with Gasteiger partial charge in [0.2, 0.25) is 0 Å². The minimum absolute atomic E-state index is 0.0531. The van der Waals surface area contributed by atoms with Crippen LogP contribution in [0.3, 0.4) is 0 Å². The molecule has 1 amide bonds. The Kier molecular flexibility index (Phi) is 4.91. The molecule has 2 atom stereocenters. The first kappa shape index (κ1) is 17.1. The highest BCUT2D eigenvalue weighted by Gasteiger charge is 2.35. The third-order valence-corrected chi connectivity index (χ3v) is 5.32. The number of hydrogen-bond acceptors (Lipinski definition) is 4. The smallest absolute Gasteiger partial charge is 0.251 e. The second-order valence-corrected chi connectivity index (χ2v) is 7.05. The van der Waals surface area contributed by atoms with E-state index in [9.17, 15) is 9.90 Å². The van der Waals surface area contributed by atoms with Crippen molar-refractivity contribution in [2.75, 3.05) is 26.3 Å². The van der Waals surface area contributed by atoms with Crippen molar-refractivity contribution in [3.05, 3.63) is 54.1 Å². The first-order chi connectivity index (χ1) is 12.7. The minimum Gasteiger partial charge on any atom is -0.508 e. The van der Waals surface area contributed by atoms with Crippen LogP contribution in [0.2, 0.25) is 0 Å². The Balaban J connectivity index is 1.42. The van der Waals surface area contributed by atoms with Crippen LogP contribution in [0.4, 0.5) is 0 Å². The Hall–Kier alpha value is -2.37. The Morgan fingerprint density at radius 2 is 1.58 bits per heavy atom. The zero-order chi connectivity index (χ0) is 17.9. The van der Waals surface area contributed by atoms with Gasteiger partial charge in [-0.05, 0) is 61.3 Å². The molecule has 4 rings (SSSR count). The highest BCUT2D eigenvalue weighted by molar-refractivity contribution is 5.95. The van der Waals surface area contributed by atoms with Crippen LogP contribution in [-0.2, 0) is 4.74 Å². The average Bonchev–Trinajstić information content (AvgIpc) is 3.34. The van der Waals surface area contributed by atoms with Crippen molar-refractivity contribution in [2.45, 2.75) is 24.9 Å². The highest BCUT2D eigenvalue weighted by Crippen LogP contribution is 2.23. The van der Waals surface area contributed by atoms with Crippen LogP contribution in [-0.4, -0.2) is 54.3 Å². The molecule has 0 bridgehead atoms. The zero-order valence-electron chi connectivity index (χ0n) is 14.7. The van der Waals surface area contributed by atoms with Crippen molar-refractivity contribution in [2.24, 2.45) is 0 Å². The third kappa shape index (κ3) is 3.59. The van der Waals surface area contributed by atoms with Gasteiger partial charge in [-0.3, -0.25) is 9.69 Å². The van der Waals surface area contributed by atoms with E-state index in [0.29, 0.717) is 18.8 Å². The molecule has 0 radical (unpaired) electrons. The lowest BCUT2D eigenvalue weighted by molar-refractivity contribution is 0.0916. The second kappa shape index (κ2) is 7.48. The molecule has 2 saturated heterocycles. The van der Waals surface area contributed by atoms with Crippen LogP contribution in [0.5, 0.6) is 5.75 Å². The summed E-state index contributed by atoms with van der Waals surface area (Å²) in [6.45, 7) is 3.48. The van der Waals surface area contributed by atoms with Crippen molar-refractivity contribution in [1.82, 2.24) is 10.2 Å². The summed E-state index contributed by atoms with van der Waals surface area (Å²) in [7, 11) is 0. The fourth-order valence-electron chi connectivity index (χ4n) is 3.83. The van der Waals surface area contributed by atoms with Gasteiger partial charge in [-0.1, -0.05) is 24.3 Å². The Labute approximate surface area is 153 Å². The first-order valence-corrected chi connectivity index (χ1v) is 9.23. The van der Waals surface area contributed by atoms with Crippen LogP contribution < -0.4 is 5.32 Å². The van der Waals surface area contributed by atoms with E-state index in [1.807, 2.05) is 36.4 Å². The predicted octanol–water partition coefficient (Wildman–Crippen LogP) is 2.65. The third-order valence-electron chi connectivity index (χ3n) is 5.32. The fourth-order valence-corrected chi connectivity index (χ4v) is 3.83. The molecule has 2 N–H and O–H groups in total. The molecule has 2 fully saturated rings. The molecule has 26 heavy (non-hydrogen) atoms. The van der Waals surface area contributed by atoms with Gasteiger partial charge < -0.3 is 15.2 Å². The quantitative estimate of drug-likeness (QED) is 0.888. The number of benzene rings is 2. The summed E-state index contributed by atoms with van der Waals surface area (Å²) < 4.78 is 5.63. The van der Waals surface area contributed by atoms with Crippen molar-refractivity contribution in [3.8, 4) is 16.9 Å². The number of rotatable bonds is 4. The molecule has 2 aromatic rings. The summed E-state index contributed by atoms with van der Waals surface area (Å²) in [5, 5.41) is 12.5. The maximum atomic E-state index is 12.6. The van der Waals surface area contributed by atoms with Gasteiger partial charge in [-0.15, -0.1) is 0 Å². The molecule has 0 unspecified atom stereocenters. The van der Waals surface area contributed by atoms with Crippen LogP contribution in [0.1, 0.15) is 23.2 Å². The molecule has 136 valence electrons. The largest absolute Gasteiger partial charge is 0.508 e. The molecule has 0 aliphatic carbocycles. The summed E-state index contributed by atoms with van der Waals surface area (Å²) in [5.74, 6) is 0.193. The molecule has 2 heterocycles. The van der Waals surface area contributed by atoms with E-state index in [2.05, 4.69) is 10.2 Å². The molecule has 5 nitrogen and oxygen atoms in total. The number of hydrogen-bond donors (Lipinski definition) is 2. The van der Waals surface area contributed by atoms with Gasteiger partial charge in [0.05, 0.1) is 25.3 Å². The maximum Gasteiger partial charge on any atom is 0.251 e. The van der Waals surface area contributed by atoms with Crippen molar-refractivity contribution < 1.29 is 14.6 Å². The van der Waals surface area contributed by atoms with Crippen molar-refractivity contribution in [3.63, 3.8) is 0 Å². The number of nitrogens with zero attached hydrogens (tertiary/aromatic N) is 1. The van der Waals surface area contributed by atoms with Gasteiger partial charge in [-0.2, -0.15) is 0 Å². The lowest BCUT2D eigenvalue weighted by Gasteiger charge is -2.27. The SMILES string of the molecule is O=C(N[C@H]1COC[C@@H]1N1CCCC1)c1ccc(-c2ccc(O)cc2)cc1. The van der Waals surface area contributed by atoms with Crippen LogP contribution in [0, 0.1) is 0 Å². The van der Waals surface area contributed by atoms with E-state index in [4.69, 9.17) is 4.74 Å². The summed E-state index contributed by atoms with van der Waals surface area (Å²) in [6.07, 6.45) is 2.46. The van der Waals surface area contributed by atoms with Crippen LogP contribution in [0.15, 0.2) is 48.5 Å². The monoisotopic (exact) mass is 352 g/mol. The van der Waals surface area contributed by atoms with Crippen LogP contribution >= 0.6 is 0 Å². The number of phenolic OH excluding ortho intramolecular Hbond substituents is 1. The number of nitrogens with one attached hydrogen (secondary N) is 1. The topological polar surface area (TPSA) is 61.8 Å². The van der Waals surface area contributed by atoms with Gasteiger partial charge in [-0.25, -0.2) is 0 Å². The number of likely N-dealkylation sites (tertiary alicyclic amines) is 1. The van der Waals surface area contributed by atoms with E-state index in [0.717, 1.165) is 24.2 Å². The summed E-state index contributed by atoms with van der Waals surface area (Å²) in [4.78, 5) is 15.1. The van der Waals surface area contributed by atoms with E-state index < -0.39 is 0 Å². The number of ether oxygens (including phenoxy) is 1. The first-order valence-electron chi connectivity index (χ1n) is 9.23.